The molecule has 0 spiro atoms. The van der Waals surface area contributed by atoms with E-state index >= 15 is 0 Å². The van der Waals surface area contributed by atoms with Crippen LogP contribution in [0.3, 0.4) is 0 Å². The Kier molecular flexibility index (Phi) is 4.78. The smallest absolute Gasteiger partial charge is 0.269 e. The second kappa shape index (κ2) is 6.76. The van der Waals surface area contributed by atoms with Crippen LogP contribution in [0.4, 0.5) is 0 Å². The first-order valence-electron chi connectivity index (χ1n) is 6.79. The number of primary amides is 1. The van der Waals surface area contributed by atoms with Crippen molar-refractivity contribution in [2.75, 3.05) is 5.43 Å². The molecule has 3 N–H and O–H groups in total. The van der Waals surface area contributed by atoms with Gasteiger partial charge in [0.1, 0.15) is 0 Å². The fourth-order valence-electron chi connectivity index (χ4n) is 2.57. The molecule has 1 aliphatic rings. The molecule has 0 unspecified atom stereocenters. The van der Waals surface area contributed by atoms with Crippen LogP contribution in [-0.4, -0.2) is 27.7 Å². The molecule has 0 saturated heterocycles. The number of rotatable bonds is 5. The monoisotopic (exact) mass is 291 g/mol. The summed E-state index contributed by atoms with van der Waals surface area (Å²) < 4.78 is 0. The molecule has 0 aromatic carbocycles. The third kappa shape index (κ3) is 3.96. The van der Waals surface area contributed by atoms with Crippen molar-refractivity contribution in [2.24, 2.45) is 16.8 Å². The van der Waals surface area contributed by atoms with Gasteiger partial charge in [-0.1, -0.05) is 18.0 Å². The average Bonchev–Trinajstić information content (AvgIpc) is 2.90. The van der Waals surface area contributed by atoms with Crippen LogP contribution in [0, 0.1) is 5.92 Å². The van der Waals surface area contributed by atoms with Gasteiger partial charge in [0.05, 0.1) is 0 Å². The number of aromatic nitrogens is 2. The normalized spacial score (nSPS) is 21.3. The van der Waals surface area contributed by atoms with Gasteiger partial charge in [-0.25, -0.2) is 5.43 Å². The molecule has 1 saturated carbocycles. The molecule has 1 aromatic heterocycles. The summed E-state index contributed by atoms with van der Waals surface area (Å²) in [5, 5.41) is 7.60. The van der Waals surface area contributed by atoms with E-state index in [1.165, 1.54) is 12.3 Å². The highest BCUT2D eigenvalue weighted by molar-refractivity contribution is 5.90. The van der Waals surface area contributed by atoms with Crippen molar-refractivity contribution in [1.82, 2.24) is 9.89 Å². The first kappa shape index (κ1) is 14.9. The number of carbonyl (C=O) groups excluding carboxylic acids is 2. The topological polar surface area (TPSA) is 139 Å². The van der Waals surface area contributed by atoms with Crippen LogP contribution in [0.2, 0.25) is 0 Å². The molecule has 2 atom stereocenters. The summed E-state index contributed by atoms with van der Waals surface area (Å²) in [6.45, 7) is 0. The Labute approximate surface area is 121 Å². The predicted octanol–water partition coefficient (Wildman–Crippen LogP) is 1.31. The highest BCUT2D eigenvalue weighted by Crippen LogP contribution is 2.29. The van der Waals surface area contributed by atoms with Crippen molar-refractivity contribution in [3.05, 3.63) is 28.4 Å². The van der Waals surface area contributed by atoms with E-state index < -0.39 is 5.91 Å². The minimum atomic E-state index is -0.654. The lowest BCUT2D eigenvalue weighted by molar-refractivity contribution is -0.118. The number of nitrogens with zero attached hydrogens (tertiary/aromatic N) is 5. The molecule has 9 heteroatoms. The zero-order valence-electron chi connectivity index (χ0n) is 11.5. The maximum Gasteiger partial charge on any atom is 0.269 e. The highest BCUT2D eigenvalue weighted by atomic mass is 16.2. The molecule has 0 bridgehead atoms. The van der Waals surface area contributed by atoms with Gasteiger partial charge in [0, 0.05) is 23.6 Å². The van der Waals surface area contributed by atoms with Crippen LogP contribution in [-0.2, 0) is 4.79 Å². The molecule has 0 radical (unpaired) electrons. The van der Waals surface area contributed by atoms with E-state index in [2.05, 4.69) is 20.6 Å². The number of azide groups is 1. The van der Waals surface area contributed by atoms with E-state index in [1.54, 1.807) is 0 Å². The lowest BCUT2D eigenvalue weighted by Gasteiger charge is -2.27. The number of hydrogen-bond donors (Lipinski definition) is 2. The number of carbonyl (C=O) groups is 2. The summed E-state index contributed by atoms with van der Waals surface area (Å²) in [5.74, 6) is -0.848. The molecule has 1 heterocycles. The minimum absolute atomic E-state index is 0.0424. The van der Waals surface area contributed by atoms with Gasteiger partial charge in [-0.2, -0.15) is 4.79 Å². The van der Waals surface area contributed by atoms with E-state index in [-0.39, 0.29) is 30.0 Å². The van der Waals surface area contributed by atoms with Crippen LogP contribution in [0.25, 0.3) is 10.4 Å². The SMILES string of the molecule is [N-]=[N+]=N[C@@H]1CCCC[C@H]1CC(=O)Nn1ccc(C(N)=O)n1. The number of nitrogens with two attached hydrogens (primary N) is 1. The second-order valence-electron chi connectivity index (χ2n) is 5.07. The van der Waals surface area contributed by atoms with Crippen LogP contribution >= 0.6 is 0 Å². The molecule has 1 aliphatic carbocycles. The Bertz CT molecular complexity index is 576. The molecule has 112 valence electrons. The Morgan fingerprint density at radius 3 is 2.95 bits per heavy atom. The molecule has 0 aliphatic heterocycles. The number of nitrogens with one attached hydrogen (secondary N) is 1. The van der Waals surface area contributed by atoms with Crippen molar-refractivity contribution in [3.8, 4) is 0 Å². The number of hydrogen-bond acceptors (Lipinski definition) is 4. The van der Waals surface area contributed by atoms with Gasteiger partial charge in [0.2, 0.25) is 5.91 Å². The van der Waals surface area contributed by atoms with Gasteiger partial charge in [-0.05, 0) is 30.4 Å². The molecule has 1 aromatic rings. The van der Waals surface area contributed by atoms with Crippen molar-refractivity contribution in [1.29, 1.82) is 0 Å². The maximum absolute atomic E-state index is 12.0. The van der Waals surface area contributed by atoms with Crippen molar-refractivity contribution in [3.63, 3.8) is 0 Å². The largest absolute Gasteiger partial charge is 0.364 e. The van der Waals surface area contributed by atoms with Gasteiger partial charge in [-0.3, -0.25) is 9.59 Å². The van der Waals surface area contributed by atoms with Crippen molar-refractivity contribution >= 4 is 11.8 Å². The molecule has 2 amide bonds. The lowest BCUT2D eigenvalue weighted by atomic mass is 9.83. The Morgan fingerprint density at radius 2 is 2.29 bits per heavy atom. The van der Waals surface area contributed by atoms with Crippen molar-refractivity contribution < 1.29 is 9.59 Å². The van der Waals surface area contributed by atoms with Gasteiger partial charge in [-0.15, -0.1) is 5.10 Å². The second-order valence-corrected chi connectivity index (χ2v) is 5.07. The van der Waals surface area contributed by atoms with Crippen LogP contribution < -0.4 is 11.2 Å². The van der Waals surface area contributed by atoms with E-state index in [1.807, 2.05) is 0 Å². The zero-order valence-corrected chi connectivity index (χ0v) is 11.5. The molecular formula is C12H17N7O2. The minimum Gasteiger partial charge on any atom is -0.364 e. The van der Waals surface area contributed by atoms with Gasteiger partial charge < -0.3 is 5.73 Å². The summed E-state index contributed by atoms with van der Waals surface area (Å²) in [5.41, 5.74) is 16.3. The van der Waals surface area contributed by atoms with Crippen molar-refractivity contribution in [2.45, 2.75) is 38.1 Å². The van der Waals surface area contributed by atoms with Crippen LogP contribution in [0.1, 0.15) is 42.6 Å². The fourth-order valence-corrected chi connectivity index (χ4v) is 2.57. The van der Waals surface area contributed by atoms with E-state index in [0.29, 0.717) is 0 Å². The molecular weight excluding hydrogens is 274 g/mol. The summed E-state index contributed by atoms with van der Waals surface area (Å²) in [4.78, 5) is 26.9. The van der Waals surface area contributed by atoms with Crippen LogP contribution in [0.15, 0.2) is 17.4 Å². The first-order valence-corrected chi connectivity index (χ1v) is 6.79. The zero-order chi connectivity index (χ0) is 15.2. The number of amides is 2. The van der Waals surface area contributed by atoms with E-state index in [9.17, 15) is 9.59 Å². The maximum atomic E-state index is 12.0. The van der Waals surface area contributed by atoms with E-state index in [0.717, 1.165) is 30.5 Å². The van der Waals surface area contributed by atoms with Crippen LogP contribution in [0.5, 0.6) is 0 Å². The third-order valence-electron chi connectivity index (χ3n) is 3.60. The van der Waals surface area contributed by atoms with Gasteiger partial charge in [0.15, 0.2) is 5.69 Å². The Balaban J connectivity index is 1.93. The summed E-state index contributed by atoms with van der Waals surface area (Å²) in [6, 6.07) is 1.29. The third-order valence-corrected chi connectivity index (χ3v) is 3.60. The quantitative estimate of drug-likeness (QED) is 0.480. The summed E-state index contributed by atoms with van der Waals surface area (Å²) in [7, 11) is 0. The highest BCUT2D eigenvalue weighted by Gasteiger charge is 2.26. The fraction of sp³-hybridized carbons (Fsp3) is 0.583. The van der Waals surface area contributed by atoms with Gasteiger partial charge >= 0.3 is 0 Å². The molecule has 1 fully saturated rings. The lowest BCUT2D eigenvalue weighted by Crippen LogP contribution is -2.31. The Morgan fingerprint density at radius 1 is 1.52 bits per heavy atom. The summed E-state index contributed by atoms with van der Waals surface area (Å²) >= 11 is 0. The Hall–Kier alpha value is -2.54. The first-order chi connectivity index (χ1) is 10.1. The standard InChI is InChI=1S/C12H17N7O2/c13-12(21)10-5-6-19(16-10)17-11(20)7-8-3-1-2-4-9(8)15-18-14/h5-6,8-9H,1-4,7H2,(H2,13,21)(H,17,20)/t8-,9+/m0/s1. The average molecular weight is 291 g/mol. The molecule has 9 nitrogen and oxygen atoms in total. The molecule has 2 rings (SSSR count). The van der Waals surface area contributed by atoms with E-state index in [4.69, 9.17) is 11.3 Å². The van der Waals surface area contributed by atoms with Gasteiger partial charge in [0.25, 0.3) is 5.91 Å². The predicted molar refractivity (Wildman–Crippen MR) is 74.6 cm³/mol. The molecule has 21 heavy (non-hydrogen) atoms. The summed E-state index contributed by atoms with van der Waals surface area (Å²) in [6.07, 6.45) is 5.43.